The molecule has 0 bridgehead atoms. The van der Waals surface area contributed by atoms with Crippen LogP contribution in [0.15, 0.2) is 30.3 Å². The number of benzene rings is 2. The maximum Gasteiger partial charge on any atom is 0.194 e. The highest BCUT2D eigenvalue weighted by atomic mass is 19.2. The van der Waals surface area contributed by atoms with Gasteiger partial charge in [0.05, 0.1) is 0 Å². The zero-order valence-corrected chi connectivity index (χ0v) is 20.0. The fourth-order valence-corrected chi connectivity index (χ4v) is 7.21. The van der Waals surface area contributed by atoms with E-state index in [-0.39, 0.29) is 17.7 Å². The molecule has 34 heavy (non-hydrogen) atoms. The molecule has 0 heterocycles. The number of hydrogen-bond donors (Lipinski definition) is 0. The highest BCUT2D eigenvalue weighted by Crippen LogP contribution is 2.45. The minimum atomic E-state index is -1.41. The third kappa shape index (κ3) is 5.06. The van der Waals surface area contributed by atoms with Gasteiger partial charge < -0.3 is 0 Å². The summed E-state index contributed by atoms with van der Waals surface area (Å²) >= 11 is 0. The molecule has 3 aliphatic rings. The maximum absolute atomic E-state index is 15.2. The third-order valence-electron chi connectivity index (χ3n) is 9.23. The zero-order chi connectivity index (χ0) is 23.7. The fraction of sp³-hybridized carbons (Fsp3) is 0.600. The first-order valence-electron chi connectivity index (χ1n) is 13.4. The summed E-state index contributed by atoms with van der Waals surface area (Å²) < 4.78 is 55.7. The molecule has 3 fully saturated rings. The lowest BCUT2D eigenvalue weighted by atomic mass is 9.69. The van der Waals surface area contributed by atoms with E-state index in [9.17, 15) is 13.2 Å². The Morgan fingerprint density at radius 2 is 0.971 bits per heavy atom. The van der Waals surface area contributed by atoms with Gasteiger partial charge >= 0.3 is 0 Å². The van der Waals surface area contributed by atoms with Gasteiger partial charge in [-0.2, -0.15) is 0 Å². The molecule has 0 N–H and O–H groups in total. The summed E-state index contributed by atoms with van der Waals surface area (Å²) in [6.45, 7) is 0. The predicted molar refractivity (Wildman–Crippen MR) is 128 cm³/mol. The molecule has 0 atom stereocenters. The van der Waals surface area contributed by atoms with Crippen molar-refractivity contribution in [3.8, 4) is 0 Å². The number of hydrogen-bond acceptors (Lipinski definition) is 0. The van der Waals surface area contributed by atoms with E-state index in [1.807, 2.05) is 6.07 Å². The van der Waals surface area contributed by atoms with Crippen molar-refractivity contribution < 1.29 is 17.6 Å². The highest BCUT2D eigenvalue weighted by molar-refractivity contribution is 5.31. The van der Waals surface area contributed by atoms with Gasteiger partial charge in [-0.05, 0) is 116 Å². The summed E-state index contributed by atoms with van der Waals surface area (Å²) in [4.78, 5) is 0. The van der Waals surface area contributed by atoms with E-state index in [0.29, 0.717) is 11.5 Å². The second-order valence-corrected chi connectivity index (χ2v) is 11.1. The fourth-order valence-electron chi connectivity index (χ4n) is 7.21. The second-order valence-electron chi connectivity index (χ2n) is 11.1. The highest BCUT2D eigenvalue weighted by Gasteiger charge is 2.30. The van der Waals surface area contributed by atoms with Gasteiger partial charge in [0.2, 0.25) is 0 Å². The minimum Gasteiger partial charge on any atom is -0.207 e. The lowest BCUT2D eigenvalue weighted by Gasteiger charge is -2.36. The average molecular weight is 473 g/mol. The second kappa shape index (κ2) is 10.4. The van der Waals surface area contributed by atoms with Crippen molar-refractivity contribution in [1.82, 2.24) is 0 Å². The van der Waals surface area contributed by atoms with Gasteiger partial charge in [-0.1, -0.05) is 44.2 Å². The van der Waals surface area contributed by atoms with E-state index < -0.39 is 17.5 Å². The van der Waals surface area contributed by atoms with Crippen LogP contribution in [-0.4, -0.2) is 0 Å². The van der Waals surface area contributed by atoms with E-state index in [1.54, 1.807) is 6.07 Å². The first-order chi connectivity index (χ1) is 16.5. The molecule has 0 nitrogen and oxygen atoms in total. The molecule has 0 aliphatic heterocycles. The number of halogens is 4. The molecule has 4 heteroatoms. The summed E-state index contributed by atoms with van der Waals surface area (Å²) in [6, 6.07) is 8.13. The predicted octanol–water partition coefficient (Wildman–Crippen LogP) is 9.54. The molecular weight excluding hydrogens is 436 g/mol. The van der Waals surface area contributed by atoms with E-state index in [4.69, 9.17) is 0 Å². The minimum absolute atomic E-state index is 0.0115. The van der Waals surface area contributed by atoms with Gasteiger partial charge in [0.1, 0.15) is 5.82 Å². The zero-order valence-electron chi connectivity index (χ0n) is 20.0. The Morgan fingerprint density at radius 3 is 1.59 bits per heavy atom. The van der Waals surface area contributed by atoms with Crippen LogP contribution in [0.5, 0.6) is 0 Å². The van der Waals surface area contributed by atoms with Crippen LogP contribution in [0.25, 0.3) is 0 Å². The van der Waals surface area contributed by atoms with Gasteiger partial charge in [0, 0.05) is 0 Å². The first kappa shape index (κ1) is 23.9. The van der Waals surface area contributed by atoms with Gasteiger partial charge in [-0.3, -0.25) is 0 Å². The summed E-state index contributed by atoms with van der Waals surface area (Å²) in [5.74, 6) is -1.40. The Balaban J connectivity index is 1.18. The van der Waals surface area contributed by atoms with Crippen LogP contribution < -0.4 is 0 Å². The summed E-state index contributed by atoms with van der Waals surface area (Å²) in [6.07, 6.45) is 14.9. The van der Waals surface area contributed by atoms with E-state index in [1.165, 1.54) is 57.8 Å². The van der Waals surface area contributed by atoms with E-state index >= 15 is 4.39 Å². The Labute approximate surface area is 201 Å². The molecule has 3 aliphatic carbocycles. The molecule has 0 amide bonds. The Kier molecular flexibility index (Phi) is 7.32. The Hall–Kier alpha value is -1.84. The van der Waals surface area contributed by atoms with Crippen LogP contribution in [0.2, 0.25) is 0 Å². The van der Waals surface area contributed by atoms with Crippen LogP contribution in [0, 0.1) is 35.1 Å². The lowest BCUT2D eigenvalue weighted by molar-refractivity contribution is 0.186. The van der Waals surface area contributed by atoms with Crippen molar-refractivity contribution in [2.45, 2.75) is 101 Å². The van der Waals surface area contributed by atoms with Crippen LogP contribution >= 0.6 is 0 Å². The van der Waals surface area contributed by atoms with E-state index in [2.05, 4.69) is 6.07 Å². The van der Waals surface area contributed by atoms with Gasteiger partial charge in [0.25, 0.3) is 0 Å². The normalized spacial score (nSPS) is 28.7. The largest absolute Gasteiger partial charge is 0.207 e. The van der Waals surface area contributed by atoms with Crippen molar-refractivity contribution in [2.24, 2.45) is 11.8 Å². The van der Waals surface area contributed by atoms with Crippen LogP contribution in [0.1, 0.15) is 118 Å². The standard InChI is InChI=1S/C30H36F4/c31-27-16-24(21-8-6-20(7-9-21)19-4-2-1-3-5-19)14-15-26(27)23-12-10-22(11-13-23)25-17-28(32)30(34)29(33)18-25/h14-23H,1-13H2. The number of rotatable bonds is 4. The topological polar surface area (TPSA) is 0 Å². The molecule has 0 aromatic heterocycles. The molecule has 184 valence electrons. The van der Waals surface area contributed by atoms with Gasteiger partial charge in [-0.15, -0.1) is 0 Å². The molecule has 5 rings (SSSR count). The van der Waals surface area contributed by atoms with Gasteiger partial charge in [0.15, 0.2) is 17.5 Å². The van der Waals surface area contributed by atoms with Crippen LogP contribution in [-0.2, 0) is 0 Å². The molecular formula is C30H36F4. The van der Waals surface area contributed by atoms with Crippen molar-refractivity contribution in [3.63, 3.8) is 0 Å². The quantitative estimate of drug-likeness (QED) is 0.307. The van der Waals surface area contributed by atoms with Crippen LogP contribution in [0.4, 0.5) is 17.6 Å². The van der Waals surface area contributed by atoms with Crippen LogP contribution in [0.3, 0.4) is 0 Å². The SMILES string of the molecule is Fc1cc(C2CCC(C3CCCCC3)CC2)ccc1C1CCC(c2cc(F)c(F)c(F)c2)CC1. The Bertz CT molecular complexity index is 954. The lowest BCUT2D eigenvalue weighted by Crippen LogP contribution is -2.23. The summed E-state index contributed by atoms with van der Waals surface area (Å²) in [5.41, 5.74) is 2.43. The summed E-state index contributed by atoms with van der Waals surface area (Å²) in [5, 5.41) is 0. The third-order valence-corrected chi connectivity index (χ3v) is 9.23. The van der Waals surface area contributed by atoms with Crippen molar-refractivity contribution in [3.05, 3.63) is 70.3 Å². The monoisotopic (exact) mass is 472 g/mol. The van der Waals surface area contributed by atoms with E-state index in [0.717, 1.165) is 60.8 Å². The van der Waals surface area contributed by atoms with Gasteiger partial charge in [-0.25, -0.2) is 17.6 Å². The Morgan fingerprint density at radius 1 is 0.471 bits per heavy atom. The average Bonchev–Trinajstić information content (AvgIpc) is 2.88. The molecule has 2 aromatic carbocycles. The van der Waals surface area contributed by atoms with Crippen molar-refractivity contribution in [1.29, 1.82) is 0 Å². The van der Waals surface area contributed by atoms with Crippen molar-refractivity contribution >= 4 is 0 Å². The molecule has 0 saturated heterocycles. The first-order valence-corrected chi connectivity index (χ1v) is 13.4. The molecule has 0 unspecified atom stereocenters. The molecule has 0 spiro atoms. The molecule has 3 saturated carbocycles. The van der Waals surface area contributed by atoms with Crippen molar-refractivity contribution in [2.75, 3.05) is 0 Å². The summed E-state index contributed by atoms with van der Waals surface area (Å²) in [7, 11) is 0. The maximum atomic E-state index is 15.2. The smallest absolute Gasteiger partial charge is 0.194 e. The molecule has 0 radical (unpaired) electrons. The molecule has 2 aromatic rings.